The summed E-state index contributed by atoms with van der Waals surface area (Å²) in [5.41, 5.74) is 0.574. The van der Waals surface area contributed by atoms with Crippen LogP contribution in [0, 0.1) is 18.3 Å². The van der Waals surface area contributed by atoms with E-state index in [-0.39, 0.29) is 40.5 Å². The van der Waals surface area contributed by atoms with Gasteiger partial charge in [0.2, 0.25) is 10.0 Å². The van der Waals surface area contributed by atoms with Gasteiger partial charge in [-0.1, -0.05) is 19.9 Å². The zero-order chi connectivity index (χ0) is 24.1. The molecule has 1 N–H and O–H groups in total. The van der Waals surface area contributed by atoms with E-state index in [1.165, 1.54) is 34.6 Å². The van der Waals surface area contributed by atoms with Crippen molar-refractivity contribution in [2.24, 2.45) is 0 Å². The van der Waals surface area contributed by atoms with E-state index in [1.54, 1.807) is 26.8 Å². The van der Waals surface area contributed by atoms with Gasteiger partial charge in [0.1, 0.15) is 11.8 Å². The van der Waals surface area contributed by atoms with Gasteiger partial charge in [0.15, 0.2) is 6.61 Å². The van der Waals surface area contributed by atoms with E-state index in [0.717, 1.165) is 6.07 Å². The van der Waals surface area contributed by atoms with Gasteiger partial charge in [0, 0.05) is 24.3 Å². The second kappa shape index (κ2) is 10.0. The molecule has 0 atom stereocenters. The first-order valence-corrected chi connectivity index (χ1v) is 11.0. The van der Waals surface area contributed by atoms with Crippen molar-refractivity contribution in [1.82, 2.24) is 4.31 Å². The maximum absolute atomic E-state index is 12.8. The highest BCUT2D eigenvalue weighted by Gasteiger charge is 2.29. The number of halogens is 3. The molecule has 0 unspecified atom stereocenters. The number of carbonyl (C=O) groups excluding carboxylic acids is 1. The monoisotopic (exact) mass is 469 g/mol. The zero-order valence-corrected chi connectivity index (χ0v) is 18.5. The number of nitriles is 1. The third-order valence-electron chi connectivity index (χ3n) is 4.55. The Morgan fingerprint density at radius 3 is 2.38 bits per heavy atom. The Bertz CT molecular complexity index is 1140. The molecular formula is C21H22F3N3O4S. The molecule has 32 heavy (non-hydrogen) atoms. The number of carbonyl (C=O) groups is 1. The summed E-state index contributed by atoms with van der Waals surface area (Å²) in [6, 6.07) is 9.53. The summed E-state index contributed by atoms with van der Waals surface area (Å²) < 4.78 is 68.5. The SMILES string of the molecule is CCN(CC)S(=O)(=O)c1ccc(C)c(C(=O)Nc2ccc(OCC(F)(F)F)c(C#N)c2)c1. The lowest BCUT2D eigenvalue weighted by Gasteiger charge is -2.19. The minimum atomic E-state index is -4.56. The number of aryl methyl sites for hydroxylation is 1. The first kappa shape index (κ1) is 25.2. The molecule has 0 aliphatic heterocycles. The van der Waals surface area contributed by atoms with Crippen molar-refractivity contribution >= 4 is 21.6 Å². The first-order valence-electron chi connectivity index (χ1n) is 9.58. The van der Waals surface area contributed by atoms with E-state index in [2.05, 4.69) is 10.1 Å². The molecule has 2 rings (SSSR count). The van der Waals surface area contributed by atoms with Gasteiger partial charge in [-0.15, -0.1) is 0 Å². The molecule has 0 radical (unpaired) electrons. The number of nitrogens with zero attached hydrogens (tertiary/aromatic N) is 2. The van der Waals surface area contributed by atoms with Gasteiger partial charge in [-0.25, -0.2) is 8.42 Å². The summed E-state index contributed by atoms with van der Waals surface area (Å²) in [6.45, 7) is 4.04. The fraction of sp³-hybridized carbons (Fsp3) is 0.333. The van der Waals surface area contributed by atoms with Gasteiger partial charge in [0.25, 0.3) is 5.91 Å². The third kappa shape index (κ3) is 5.99. The molecule has 2 aromatic carbocycles. The quantitative estimate of drug-likeness (QED) is 0.628. The number of sulfonamides is 1. The highest BCUT2D eigenvalue weighted by molar-refractivity contribution is 7.89. The molecule has 1 amide bonds. The maximum atomic E-state index is 12.8. The Morgan fingerprint density at radius 2 is 1.81 bits per heavy atom. The molecule has 0 spiro atoms. The number of alkyl halides is 3. The summed E-state index contributed by atoms with van der Waals surface area (Å²) in [6.07, 6.45) is -4.56. The van der Waals surface area contributed by atoms with Gasteiger partial charge in [-0.2, -0.15) is 22.7 Å². The molecule has 0 bridgehead atoms. The largest absolute Gasteiger partial charge is 0.483 e. The summed E-state index contributed by atoms with van der Waals surface area (Å²) >= 11 is 0. The van der Waals surface area contributed by atoms with E-state index in [4.69, 9.17) is 0 Å². The summed E-state index contributed by atoms with van der Waals surface area (Å²) in [4.78, 5) is 12.7. The number of ether oxygens (including phenoxy) is 1. The lowest BCUT2D eigenvalue weighted by Crippen LogP contribution is -2.30. The number of anilines is 1. The van der Waals surface area contributed by atoms with Crippen molar-refractivity contribution < 1.29 is 31.1 Å². The summed E-state index contributed by atoms with van der Waals surface area (Å²) in [5, 5.41) is 11.7. The van der Waals surface area contributed by atoms with Gasteiger partial charge < -0.3 is 10.1 Å². The summed E-state index contributed by atoms with van der Waals surface area (Å²) in [5.74, 6) is -0.904. The molecule has 0 aromatic heterocycles. The normalized spacial score (nSPS) is 11.8. The van der Waals surface area contributed by atoms with Gasteiger partial charge in [-0.05, 0) is 42.8 Å². The molecule has 0 aliphatic rings. The highest BCUT2D eigenvalue weighted by atomic mass is 32.2. The van der Waals surface area contributed by atoms with Crippen molar-refractivity contribution in [3.63, 3.8) is 0 Å². The minimum Gasteiger partial charge on any atom is -0.483 e. The van der Waals surface area contributed by atoms with Crippen LogP contribution in [-0.2, 0) is 10.0 Å². The lowest BCUT2D eigenvalue weighted by molar-refractivity contribution is -0.153. The van der Waals surface area contributed by atoms with Gasteiger partial charge >= 0.3 is 6.18 Å². The Labute approximate surface area is 184 Å². The van der Waals surface area contributed by atoms with Crippen molar-refractivity contribution in [2.45, 2.75) is 31.8 Å². The second-order valence-electron chi connectivity index (χ2n) is 6.75. The first-order chi connectivity index (χ1) is 14.9. The van der Waals surface area contributed by atoms with E-state index in [9.17, 15) is 31.6 Å². The Morgan fingerprint density at radius 1 is 1.16 bits per heavy atom. The van der Waals surface area contributed by atoms with Gasteiger partial charge in [0.05, 0.1) is 10.5 Å². The molecule has 0 fully saturated rings. The van der Waals surface area contributed by atoms with Crippen LogP contribution in [-0.4, -0.2) is 44.5 Å². The fourth-order valence-corrected chi connectivity index (χ4v) is 4.38. The topological polar surface area (TPSA) is 99.5 Å². The van der Waals surface area contributed by atoms with Crippen molar-refractivity contribution in [1.29, 1.82) is 5.26 Å². The van der Waals surface area contributed by atoms with Crippen LogP contribution in [0.2, 0.25) is 0 Å². The summed E-state index contributed by atoms with van der Waals surface area (Å²) in [7, 11) is -3.78. The van der Waals surface area contributed by atoms with Crippen molar-refractivity contribution in [3.8, 4) is 11.8 Å². The molecule has 2 aromatic rings. The number of nitrogens with one attached hydrogen (secondary N) is 1. The number of hydrogen-bond acceptors (Lipinski definition) is 5. The van der Waals surface area contributed by atoms with Crippen LogP contribution in [0.1, 0.15) is 35.3 Å². The number of benzene rings is 2. The lowest BCUT2D eigenvalue weighted by atomic mass is 10.1. The van der Waals surface area contributed by atoms with Crippen LogP contribution in [0.25, 0.3) is 0 Å². The number of rotatable bonds is 8. The Hall–Kier alpha value is -3.10. The molecule has 0 aliphatic carbocycles. The van der Waals surface area contributed by atoms with Crippen LogP contribution in [0.4, 0.5) is 18.9 Å². The van der Waals surface area contributed by atoms with Crippen LogP contribution in [0.5, 0.6) is 5.75 Å². The smallest absolute Gasteiger partial charge is 0.422 e. The predicted octanol–water partition coefficient (Wildman–Crippen LogP) is 4.09. The molecule has 172 valence electrons. The van der Waals surface area contributed by atoms with Crippen LogP contribution >= 0.6 is 0 Å². The highest BCUT2D eigenvalue weighted by Crippen LogP contribution is 2.26. The van der Waals surface area contributed by atoms with Gasteiger partial charge in [-0.3, -0.25) is 4.79 Å². The zero-order valence-electron chi connectivity index (χ0n) is 17.7. The molecule has 11 heteroatoms. The number of amides is 1. The van der Waals surface area contributed by atoms with E-state index in [1.807, 2.05) is 0 Å². The fourth-order valence-electron chi connectivity index (χ4n) is 2.90. The Balaban J connectivity index is 2.30. The Kier molecular flexibility index (Phi) is 7.87. The van der Waals surface area contributed by atoms with E-state index in [0.29, 0.717) is 5.56 Å². The molecule has 0 heterocycles. The third-order valence-corrected chi connectivity index (χ3v) is 6.59. The van der Waals surface area contributed by atoms with Crippen LogP contribution in [0.3, 0.4) is 0 Å². The van der Waals surface area contributed by atoms with Crippen LogP contribution < -0.4 is 10.1 Å². The van der Waals surface area contributed by atoms with E-state index < -0.39 is 28.7 Å². The average molecular weight is 469 g/mol. The maximum Gasteiger partial charge on any atom is 0.422 e. The van der Waals surface area contributed by atoms with E-state index >= 15 is 0 Å². The van der Waals surface area contributed by atoms with Crippen LogP contribution in [0.15, 0.2) is 41.3 Å². The predicted molar refractivity (Wildman–Crippen MR) is 112 cm³/mol. The van der Waals surface area contributed by atoms with Crippen molar-refractivity contribution in [2.75, 3.05) is 25.0 Å². The average Bonchev–Trinajstić information content (AvgIpc) is 2.72. The molecule has 0 saturated heterocycles. The number of hydrogen-bond donors (Lipinski definition) is 1. The van der Waals surface area contributed by atoms with Crippen molar-refractivity contribution in [3.05, 3.63) is 53.1 Å². The molecular weight excluding hydrogens is 447 g/mol. The second-order valence-corrected chi connectivity index (χ2v) is 8.68. The molecule has 0 saturated carbocycles. The standard InChI is InChI=1S/C21H22F3N3O4S/c1-4-27(5-2)32(29,30)17-8-6-14(3)18(11-17)20(28)26-16-7-9-19(15(10-16)12-25)31-13-21(22,23)24/h6-11H,4-5,13H2,1-3H3,(H,26,28). The minimum absolute atomic E-state index is 0.0365. The molecule has 7 nitrogen and oxygen atoms in total.